The van der Waals surface area contributed by atoms with Gasteiger partial charge in [0.05, 0.1) is 0 Å². The SMILES string of the molecule is CC1CN[C@H]1C(=O)O. The van der Waals surface area contributed by atoms with Crippen molar-refractivity contribution in [2.75, 3.05) is 6.54 Å². The molecule has 3 heteroatoms. The fraction of sp³-hybridized carbons (Fsp3) is 0.800. The van der Waals surface area contributed by atoms with Gasteiger partial charge in [-0.3, -0.25) is 4.79 Å². The van der Waals surface area contributed by atoms with Crippen LogP contribution in [0.1, 0.15) is 6.92 Å². The Bertz CT molecular complexity index is 113. The molecular formula is C5H9NO2. The van der Waals surface area contributed by atoms with Crippen LogP contribution in [0.25, 0.3) is 0 Å². The van der Waals surface area contributed by atoms with E-state index in [0.29, 0.717) is 5.92 Å². The van der Waals surface area contributed by atoms with Gasteiger partial charge in [-0.25, -0.2) is 0 Å². The van der Waals surface area contributed by atoms with Crippen molar-refractivity contribution in [3.05, 3.63) is 0 Å². The van der Waals surface area contributed by atoms with Crippen molar-refractivity contribution in [2.24, 2.45) is 5.92 Å². The van der Waals surface area contributed by atoms with Crippen molar-refractivity contribution in [1.29, 1.82) is 0 Å². The first kappa shape index (κ1) is 5.56. The van der Waals surface area contributed by atoms with Crippen LogP contribution in [0.2, 0.25) is 0 Å². The zero-order valence-corrected chi connectivity index (χ0v) is 4.72. The molecule has 2 N–H and O–H groups in total. The normalized spacial score (nSPS) is 36.1. The summed E-state index contributed by atoms with van der Waals surface area (Å²) in [7, 11) is 0. The van der Waals surface area contributed by atoms with Gasteiger partial charge in [-0.1, -0.05) is 6.92 Å². The molecule has 1 unspecified atom stereocenters. The molecule has 8 heavy (non-hydrogen) atoms. The van der Waals surface area contributed by atoms with Gasteiger partial charge < -0.3 is 10.4 Å². The smallest absolute Gasteiger partial charge is 0.321 e. The van der Waals surface area contributed by atoms with E-state index in [1.54, 1.807) is 0 Å². The minimum absolute atomic E-state index is 0.282. The topological polar surface area (TPSA) is 49.3 Å². The van der Waals surface area contributed by atoms with Gasteiger partial charge in [0.25, 0.3) is 0 Å². The quantitative estimate of drug-likeness (QED) is 0.492. The number of hydrogen-bond donors (Lipinski definition) is 2. The summed E-state index contributed by atoms with van der Waals surface area (Å²) < 4.78 is 0. The molecule has 0 amide bonds. The number of rotatable bonds is 1. The number of nitrogens with one attached hydrogen (secondary N) is 1. The molecule has 1 rings (SSSR count). The second kappa shape index (κ2) is 1.74. The predicted octanol–water partition coefficient (Wildman–Crippen LogP) is -0.321. The van der Waals surface area contributed by atoms with Gasteiger partial charge in [0.1, 0.15) is 6.04 Å². The van der Waals surface area contributed by atoms with E-state index in [9.17, 15) is 4.79 Å². The average molecular weight is 115 g/mol. The Morgan fingerprint density at radius 3 is 2.50 bits per heavy atom. The van der Waals surface area contributed by atoms with Gasteiger partial charge in [-0.05, 0) is 5.92 Å². The van der Waals surface area contributed by atoms with Crippen LogP contribution in [0.3, 0.4) is 0 Å². The average Bonchev–Trinajstić information content (AvgIpc) is 1.61. The molecule has 46 valence electrons. The fourth-order valence-corrected chi connectivity index (χ4v) is 0.802. The Kier molecular flexibility index (Phi) is 1.21. The van der Waals surface area contributed by atoms with E-state index in [1.807, 2.05) is 6.92 Å². The number of carboxylic acid groups (broad SMARTS) is 1. The summed E-state index contributed by atoms with van der Waals surface area (Å²) in [5.74, 6) is -0.420. The monoisotopic (exact) mass is 115 g/mol. The van der Waals surface area contributed by atoms with Crippen LogP contribution in [0.15, 0.2) is 0 Å². The van der Waals surface area contributed by atoms with Crippen molar-refractivity contribution >= 4 is 5.97 Å². The van der Waals surface area contributed by atoms with Crippen LogP contribution in [-0.2, 0) is 4.79 Å². The molecule has 1 saturated heterocycles. The molecule has 1 fully saturated rings. The Hall–Kier alpha value is -0.570. The van der Waals surface area contributed by atoms with Gasteiger partial charge in [0, 0.05) is 6.54 Å². The van der Waals surface area contributed by atoms with Crippen LogP contribution in [-0.4, -0.2) is 23.7 Å². The van der Waals surface area contributed by atoms with E-state index in [1.165, 1.54) is 0 Å². The molecule has 0 radical (unpaired) electrons. The second-order valence-electron chi connectivity index (χ2n) is 2.20. The third-order valence-electron chi connectivity index (χ3n) is 1.49. The van der Waals surface area contributed by atoms with E-state index < -0.39 is 5.97 Å². The molecule has 2 atom stereocenters. The van der Waals surface area contributed by atoms with E-state index >= 15 is 0 Å². The summed E-state index contributed by atoms with van der Waals surface area (Å²) in [4.78, 5) is 10.1. The number of carbonyl (C=O) groups is 1. The maximum atomic E-state index is 10.1. The van der Waals surface area contributed by atoms with Crippen LogP contribution < -0.4 is 5.32 Å². The number of aliphatic carboxylic acids is 1. The van der Waals surface area contributed by atoms with Crippen molar-refractivity contribution in [2.45, 2.75) is 13.0 Å². The Morgan fingerprint density at radius 2 is 2.50 bits per heavy atom. The first-order chi connectivity index (χ1) is 3.72. The van der Waals surface area contributed by atoms with E-state index in [2.05, 4.69) is 5.32 Å². The molecule has 1 aliphatic rings. The molecule has 0 bridgehead atoms. The van der Waals surface area contributed by atoms with Crippen LogP contribution in [0.5, 0.6) is 0 Å². The number of hydrogen-bond acceptors (Lipinski definition) is 2. The van der Waals surface area contributed by atoms with Gasteiger partial charge in [-0.15, -0.1) is 0 Å². The molecular weight excluding hydrogens is 106 g/mol. The second-order valence-corrected chi connectivity index (χ2v) is 2.20. The lowest BCUT2D eigenvalue weighted by molar-refractivity contribution is -0.143. The summed E-state index contributed by atoms with van der Waals surface area (Å²) in [5, 5.41) is 11.1. The summed E-state index contributed by atoms with van der Waals surface area (Å²) >= 11 is 0. The van der Waals surface area contributed by atoms with E-state index in [4.69, 9.17) is 5.11 Å². The van der Waals surface area contributed by atoms with Gasteiger partial charge in [-0.2, -0.15) is 0 Å². The summed E-state index contributed by atoms with van der Waals surface area (Å²) in [6.45, 7) is 2.77. The Balaban J connectivity index is 2.37. The fourth-order valence-electron chi connectivity index (χ4n) is 0.802. The zero-order chi connectivity index (χ0) is 6.15. The van der Waals surface area contributed by atoms with Crippen molar-refractivity contribution in [1.82, 2.24) is 5.32 Å². The summed E-state index contributed by atoms with van der Waals surface area (Å²) in [6.07, 6.45) is 0. The summed E-state index contributed by atoms with van der Waals surface area (Å²) in [5.41, 5.74) is 0. The standard InChI is InChI=1S/C5H9NO2/c1-3-2-6-4(3)5(7)8/h3-4,6H,2H2,1H3,(H,7,8)/t3?,4-/m1/s1. The molecule has 1 heterocycles. The minimum atomic E-state index is -0.733. The van der Waals surface area contributed by atoms with Crippen molar-refractivity contribution in [3.8, 4) is 0 Å². The molecule has 0 saturated carbocycles. The lowest BCUT2D eigenvalue weighted by Crippen LogP contribution is -2.55. The largest absolute Gasteiger partial charge is 0.480 e. The molecule has 0 aromatic carbocycles. The molecule has 3 nitrogen and oxygen atoms in total. The van der Waals surface area contributed by atoms with Crippen LogP contribution in [0, 0.1) is 5.92 Å². The molecule has 0 aromatic heterocycles. The van der Waals surface area contributed by atoms with Gasteiger partial charge >= 0.3 is 5.97 Å². The van der Waals surface area contributed by atoms with Crippen molar-refractivity contribution in [3.63, 3.8) is 0 Å². The first-order valence-electron chi connectivity index (χ1n) is 2.68. The lowest BCUT2D eigenvalue weighted by atomic mass is 9.94. The van der Waals surface area contributed by atoms with Gasteiger partial charge in [0.2, 0.25) is 0 Å². The van der Waals surface area contributed by atoms with Crippen LogP contribution in [0.4, 0.5) is 0 Å². The highest BCUT2D eigenvalue weighted by Gasteiger charge is 2.31. The maximum Gasteiger partial charge on any atom is 0.321 e. The third kappa shape index (κ3) is 0.690. The molecule has 1 aliphatic heterocycles. The van der Waals surface area contributed by atoms with Gasteiger partial charge in [0.15, 0.2) is 0 Å². The molecule has 0 spiro atoms. The third-order valence-corrected chi connectivity index (χ3v) is 1.49. The highest BCUT2D eigenvalue weighted by Crippen LogP contribution is 2.10. The summed E-state index contributed by atoms with van der Waals surface area (Å²) in [6, 6.07) is -0.282. The van der Waals surface area contributed by atoms with E-state index in [-0.39, 0.29) is 6.04 Å². The molecule has 0 aromatic rings. The Labute approximate surface area is 47.7 Å². The first-order valence-corrected chi connectivity index (χ1v) is 2.68. The Morgan fingerprint density at radius 1 is 1.88 bits per heavy atom. The molecule has 0 aliphatic carbocycles. The maximum absolute atomic E-state index is 10.1. The highest BCUT2D eigenvalue weighted by atomic mass is 16.4. The van der Waals surface area contributed by atoms with Crippen LogP contribution >= 0.6 is 0 Å². The predicted molar refractivity (Wildman–Crippen MR) is 28.6 cm³/mol. The number of carboxylic acids is 1. The zero-order valence-electron chi connectivity index (χ0n) is 4.72. The minimum Gasteiger partial charge on any atom is -0.480 e. The lowest BCUT2D eigenvalue weighted by Gasteiger charge is -2.31. The van der Waals surface area contributed by atoms with E-state index in [0.717, 1.165) is 6.54 Å². The highest BCUT2D eigenvalue weighted by molar-refractivity contribution is 5.74. The van der Waals surface area contributed by atoms with Crippen molar-refractivity contribution < 1.29 is 9.90 Å².